The van der Waals surface area contributed by atoms with Gasteiger partial charge in [0, 0.05) is 18.8 Å². The number of rotatable bonds is 7. The van der Waals surface area contributed by atoms with Crippen molar-refractivity contribution in [2.24, 2.45) is 0 Å². The average Bonchev–Trinajstić information content (AvgIpc) is 3.32. The largest absolute Gasteiger partial charge is 0.361 e. The van der Waals surface area contributed by atoms with Crippen molar-refractivity contribution < 1.29 is 22.5 Å². The lowest BCUT2D eigenvalue weighted by atomic mass is 10.2. The SMILES string of the molecule is Cc1noc(C)c1C(=O)N1CCCN1C(=O)CSCCS(=O)(=O)c1ccccc1. The molecule has 0 spiro atoms. The molecular formula is C19H23N3O5S2. The predicted molar refractivity (Wildman–Crippen MR) is 109 cm³/mol. The molecule has 1 saturated heterocycles. The number of benzene rings is 1. The highest BCUT2D eigenvalue weighted by Gasteiger charge is 2.33. The molecule has 1 aliphatic rings. The molecule has 0 atom stereocenters. The number of carbonyl (C=O) groups excluding carboxylic acids is 2. The summed E-state index contributed by atoms with van der Waals surface area (Å²) >= 11 is 1.25. The standard InChI is InChI=1S/C19H23N3O5S2/c1-14-18(15(2)27-20-14)19(24)22-10-6-9-21(22)17(23)13-28-11-12-29(25,26)16-7-4-3-5-8-16/h3-5,7-8H,6,9-13H2,1-2H3. The first-order valence-corrected chi connectivity index (χ1v) is 12.0. The van der Waals surface area contributed by atoms with E-state index >= 15 is 0 Å². The number of sulfone groups is 1. The zero-order valence-corrected chi connectivity index (χ0v) is 18.0. The summed E-state index contributed by atoms with van der Waals surface area (Å²) < 4.78 is 29.6. The summed E-state index contributed by atoms with van der Waals surface area (Å²) in [7, 11) is -3.37. The summed E-state index contributed by atoms with van der Waals surface area (Å²) in [5.74, 6) is 0.266. The van der Waals surface area contributed by atoms with Gasteiger partial charge in [-0.1, -0.05) is 23.4 Å². The Kier molecular flexibility index (Phi) is 6.63. The van der Waals surface area contributed by atoms with Crippen molar-refractivity contribution in [3.8, 4) is 0 Å². The summed E-state index contributed by atoms with van der Waals surface area (Å²) in [6, 6.07) is 8.25. The van der Waals surface area contributed by atoms with E-state index in [1.165, 1.54) is 21.8 Å². The molecule has 0 aliphatic carbocycles. The monoisotopic (exact) mass is 437 g/mol. The minimum Gasteiger partial charge on any atom is -0.361 e. The molecule has 1 aliphatic heterocycles. The third-order valence-electron chi connectivity index (χ3n) is 4.63. The van der Waals surface area contributed by atoms with Crippen LogP contribution in [-0.4, -0.2) is 65.8 Å². The fourth-order valence-corrected chi connectivity index (χ4v) is 5.77. The van der Waals surface area contributed by atoms with Gasteiger partial charge in [-0.15, -0.1) is 0 Å². The van der Waals surface area contributed by atoms with Crippen LogP contribution in [0, 0.1) is 13.8 Å². The molecule has 0 saturated carbocycles. The van der Waals surface area contributed by atoms with Crippen LogP contribution < -0.4 is 0 Å². The first-order valence-electron chi connectivity index (χ1n) is 9.22. The zero-order valence-electron chi connectivity index (χ0n) is 16.3. The van der Waals surface area contributed by atoms with Crippen molar-refractivity contribution in [3.63, 3.8) is 0 Å². The number of thioether (sulfide) groups is 1. The van der Waals surface area contributed by atoms with Crippen LogP contribution in [0.15, 0.2) is 39.8 Å². The molecule has 1 fully saturated rings. The lowest BCUT2D eigenvalue weighted by Gasteiger charge is -2.27. The van der Waals surface area contributed by atoms with E-state index in [1.807, 2.05) is 0 Å². The predicted octanol–water partition coefficient (Wildman–Crippen LogP) is 2.09. The van der Waals surface area contributed by atoms with Crippen molar-refractivity contribution in [2.75, 3.05) is 30.3 Å². The molecule has 1 aromatic carbocycles. The Balaban J connectivity index is 1.54. The summed E-state index contributed by atoms with van der Waals surface area (Å²) in [4.78, 5) is 25.7. The highest BCUT2D eigenvalue weighted by molar-refractivity contribution is 8.01. The zero-order chi connectivity index (χ0) is 21.0. The molecular weight excluding hydrogens is 414 g/mol. The highest BCUT2D eigenvalue weighted by atomic mass is 32.2. The van der Waals surface area contributed by atoms with Gasteiger partial charge in [0.05, 0.1) is 22.1 Å². The molecule has 0 unspecified atom stereocenters. The first kappa shape index (κ1) is 21.4. The van der Waals surface area contributed by atoms with Crippen LogP contribution in [0.1, 0.15) is 28.2 Å². The third-order valence-corrected chi connectivity index (χ3v) is 7.56. The minimum absolute atomic E-state index is 0.0450. The Bertz CT molecular complexity index is 969. The van der Waals surface area contributed by atoms with Gasteiger partial charge < -0.3 is 4.52 Å². The number of nitrogens with zero attached hydrogens (tertiary/aromatic N) is 3. The van der Waals surface area contributed by atoms with Crippen LogP contribution in [0.5, 0.6) is 0 Å². The topological polar surface area (TPSA) is 101 Å². The van der Waals surface area contributed by atoms with Gasteiger partial charge in [-0.05, 0) is 32.4 Å². The second kappa shape index (κ2) is 9.00. The van der Waals surface area contributed by atoms with E-state index in [2.05, 4.69) is 5.16 Å². The molecule has 29 heavy (non-hydrogen) atoms. The Labute approximate surface area is 174 Å². The molecule has 0 bridgehead atoms. The first-order chi connectivity index (χ1) is 13.8. The molecule has 10 heteroatoms. The number of amides is 2. The summed E-state index contributed by atoms with van der Waals surface area (Å²) in [5, 5.41) is 6.66. The maximum atomic E-state index is 12.8. The van der Waals surface area contributed by atoms with E-state index in [1.54, 1.807) is 44.2 Å². The summed E-state index contributed by atoms with van der Waals surface area (Å²) in [6.45, 7) is 4.26. The third kappa shape index (κ3) is 4.81. The van der Waals surface area contributed by atoms with Crippen molar-refractivity contribution in [3.05, 3.63) is 47.3 Å². The van der Waals surface area contributed by atoms with Crippen LogP contribution in [0.4, 0.5) is 0 Å². The molecule has 2 amide bonds. The molecule has 8 nitrogen and oxygen atoms in total. The maximum Gasteiger partial charge on any atom is 0.277 e. The molecule has 0 N–H and O–H groups in total. The lowest BCUT2D eigenvalue weighted by molar-refractivity contribution is -0.137. The number of aromatic nitrogens is 1. The second-order valence-corrected chi connectivity index (χ2v) is 9.90. The Morgan fingerprint density at radius 1 is 1.14 bits per heavy atom. The Morgan fingerprint density at radius 3 is 2.48 bits per heavy atom. The Hall–Kier alpha value is -2.33. The van der Waals surface area contributed by atoms with Crippen molar-refractivity contribution in [1.29, 1.82) is 0 Å². The van der Waals surface area contributed by atoms with Crippen molar-refractivity contribution in [1.82, 2.24) is 15.2 Å². The van der Waals surface area contributed by atoms with Crippen LogP contribution in [0.25, 0.3) is 0 Å². The van der Waals surface area contributed by atoms with Gasteiger partial charge in [-0.2, -0.15) is 11.8 Å². The van der Waals surface area contributed by atoms with Gasteiger partial charge in [0.15, 0.2) is 9.84 Å². The van der Waals surface area contributed by atoms with E-state index in [0.717, 1.165) is 0 Å². The van der Waals surface area contributed by atoms with E-state index in [-0.39, 0.29) is 28.2 Å². The smallest absolute Gasteiger partial charge is 0.277 e. The number of hydrogen-bond acceptors (Lipinski definition) is 7. The summed E-state index contributed by atoms with van der Waals surface area (Å²) in [6.07, 6.45) is 0.688. The average molecular weight is 438 g/mol. The van der Waals surface area contributed by atoms with Crippen LogP contribution in [0.3, 0.4) is 0 Å². The van der Waals surface area contributed by atoms with Crippen LogP contribution in [-0.2, 0) is 14.6 Å². The molecule has 2 aromatic rings. The normalized spacial score (nSPS) is 14.4. The highest BCUT2D eigenvalue weighted by Crippen LogP contribution is 2.21. The van der Waals surface area contributed by atoms with Gasteiger partial charge >= 0.3 is 0 Å². The number of carbonyl (C=O) groups is 2. The van der Waals surface area contributed by atoms with E-state index < -0.39 is 9.84 Å². The Morgan fingerprint density at radius 2 is 1.83 bits per heavy atom. The van der Waals surface area contributed by atoms with Gasteiger partial charge in [0.2, 0.25) is 0 Å². The fourth-order valence-electron chi connectivity index (χ4n) is 3.15. The molecule has 1 aromatic heterocycles. The molecule has 3 rings (SSSR count). The van der Waals surface area contributed by atoms with Crippen LogP contribution in [0.2, 0.25) is 0 Å². The van der Waals surface area contributed by atoms with Gasteiger partial charge in [-0.25, -0.2) is 13.4 Å². The van der Waals surface area contributed by atoms with Gasteiger partial charge in [0.1, 0.15) is 11.3 Å². The van der Waals surface area contributed by atoms with Crippen LogP contribution >= 0.6 is 11.8 Å². The lowest BCUT2D eigenvalue weighted by Crippen LogP contribution is -2.46. The molecule has 156 valence electrons. The van der Waals surface area contributed by atoms with E-state index in [4.69, 9.17) is 4.52 Å². The molecule has 0 radical (unpaired) electrons. The van der Waals surface area contributed by atoms with Crippen molar-refractivity contribution in [2.45, 2.75) is 25.2 Å². The van der Waals surface area contributed by atoms with E-state index in [9.17, 15) is 18.0 Å². The van der Waals surface area contributed by atoms with E-state index in [0.29, 0.717) is 42.3 Å². The maximum absolute atomic E-state index is 12.8. The summed E-state index contributed by atoms with van der Waals surface area (Å²) in [5.41, 5.74) is 0.874. The number of aryl methyl sites for hydroxylation is 2. The van der Waals surface area contributed by atoms with Crippen molar-refractivity contribution >= 4 is 33.4 Å². The second-order valence-electron chi connectivity index (χ2n) is 6.68. The quantitative estimate of drug-likeness (QED) is 0.611. The molecule has 2 heterocycles. The van der Waals surface area contributed by atoms with Gasteiger partial charge in [-0.3, -0.25) is 14.6 Å². The minimum atomic E-state index is -3.37. The van der Waals surface area contributed by atoms with Gasteiger partial charge in [0.25, 0.3) is 11.8 Å². The number of hydrogen-bond donors (Lipinski definition) is 0. The number of hydrazine groups is 1. The fraction of sp³-hybridized carbons (Fsp3) is 0.421.